The lowest BCUT2D eigenvalue weighted by molar-refractivity contribution is -0.186. The quantitative estimate of drug-likeness (QED) is 0.265. The van der Waals surface area contributed by atoms with Gasteiger partial charge in [-0.3, -0.25) is 4.79 Å². The molecule has 3 aromatic rings. The fourth-order valence-corrected chi connectivity index (χ4v) is 6.48. The van der Waals surface area contributed by atoms with Gasteiger partial charge in [-0.25, -0.2) is 18.0 Å². The van der Waals surface area contributed by atoms with E-state index in [1.54, 1.807) is 56.0 Å². The van der Waals surface area contributed by atoms with E-state index in [1.807, 2.05) is 0 Å². The maximum Gasteiger partial charge on any atom is 0.410 e. The van der Waals surface area contributed by atoms with Gasteiger partial charge in [-0.05, 0) is 81.1 Å². The van der Waals surface area contributed by atoms with Crippen LogP contribution in [0.15, 0.2) is 60.7 Å². The highest BCUT2D eigenvalue weighted by atomic mass is 35.5. The molecule has 2 heterocycles. The number of carbonyl (C=O) groups is 2. The summed E-state index contributed by atoms with van der Waals surface area (Å²) >= 11 is 6.07. The summed E-state index contributed by atoms with van der Waals surface area (Å²) in [4.78, 5) is 28.4. The van der Waals surface area contributed by atoms with E-state index in [9.17, 15) is 18.4 Å². The molecule has 2 aliphatic rings. The van der Waals surface area contributed by atoms with Crippen molar-refractivity contribution in [2.75, 3.05) is 31.6 Å². The average molecular weight is 688 g/mol. The Kier molecular flexibility index (Phi) is 11.0. The van der Waals surface area contributed by atoms with Gasteiger partial charge >= 0.3 is 6.09 Å². The molecular formula is C36H41ClF3N3O5. The molecule has 2 saturated heterocycles. The van der Waals surface area contributed by atoms with Crippen LogP contribution >= 0.6 is 11.6 Å². The number of hydrogen-bond donors (Lipinski definition) is 2. The largest absolute Gasteiger partial charge is 0.444 e. The molecule has 8 nitrogen and oxygen atoms in total. The van der Waals surface area contributed by atoms with Crippen molar-refractivity contribution in [2.45, 2.75) is 75.7 Å². The number of benzene rings is 3. The maximum absolute atomic E-state index is 15.4. The van der Waals surface area contributed by atoms with Gasteiger partial charge in [-0.15, -0.1) is 0 Å². The second-order valence-corrected chi connectivity index (χ2v) is 13.9. The fourth-order valence-electron chi connectivity index (χ4n) is 6.36. The van der Waals surface area contributed by atoms with Gasteiger partial charge in [0.25, 0.3) is 0 Å². The van der Waals surface area contributed by atoms with Crippen LogP contribution in [0.2, 0.25) is 5.02 Å². The molecule has 0 bridgehead atoms. The normalized spacial score (nSPS) is 19.1. The number of ether oxygens (including phenoxy) is 3. The minimum absolute atomic E-state index is 0.156. The third kappa shape index (κ3) is 8.87. The summed E-state index contributed by atoms with van der Waals surface area (Å²) in [5.74, 6) is -3.81. The minimum atomic E-state index is -1.32. The van der Waals surface area contributed by atoms with Crippen molar-refractivity contribution >= 4 is 29.3 Å². The molecule has 2 aliphatic heterocycles. The first-order chi connectivity index (χ1) is 22.7. The molecule has 0 aromatic heterocycles. The number of carbonyl (C=O) groups excluding carboxylic acids is 2. The average Bonchev–Trinajstić information content (AvgIpc) is 3.00. The monoisotopic (exact) mass is 687 g/mol. The Morgan fingerprint density at radius 2 is 1.71 bits per heavy atom. The third-order valence-electron chi connectivity index (χ3n) is 8.60. The second-order valence-electron chi connectivity index (χ2n) is 13.4. The van der Waals surface area contributed by atoms with Crippen LogP contribution in [0.5, 0.6) is 0 Å². The van der Waals surface area contributed by atoms with Gasteiger partial charge in [0.2, 0.25) is 5.91 Å². The van der Waals surface area contributed by atoms with Crippen molar-refractivity contribution in [3.8, 4) is 0 Å². The molecule has 12 heteroatoms. The van der Waals surface area contributed by atoms with Crippen LogP contribution in [-0.2, 0) is 25.4 Å². The first-order valence-electron chi connectivity index (χ1n) is 16.0. The highest BCUT2D eigenvalue weighted by Crippen LogP contribution is 2.35. The number of rotatable bonds is 8. The van der Waals surface area contributed by atoms with Crippen LogP contribution in [-0.4, -0.2) is 66.6 Å². The summed E-state index contributed by atoms with van der Waals surface area (Å²) < 4.78 is 61.7. The number of anilines is 1. The van der Waals surface area contributed by atoms with Crippen LogP contribution < -0.4 is 11.1 Å². The standard InChI is InChI=1S/C36H41ClF3N3O5/c1-35(2,3)48-34(45)43-20-27(47-36(21-43)13-15-46-16-14-36)11-12-28-29(40)5-4-6-30(28)42-33(44)32(41)31(22-7-9-24(37)10-8-22)23-17-25(38)19-26(39)18-23/h4-10,17-19,27,31-32H,11-16,20-21,41H2,1-3H3,(H,42,44). The van der Waals surface area contributed by atoms with E-state index in [0.29, 0.717) is 49.6 Å². The molecule has 0 saturated carbocycles. The summed E-state index contributed by atoms with van der Waals surface area (Å²) in [7, 11) is 0. The summed E-state index contributed by atoms with van der Waals surface area (Å²) in [6.07, 6.45) is 0.840. The first-order valence-corrected chi connectivity index (χ1v) is 16.4. The number of nitrogens with zero attached hydrogens (tertiary/aromatic N) is 1. The van der Waals surface area contributed by atoms with E-state index < -0.39 is 58.7 Å². The molecule has 3 N–H and O–H groups in total. The Labute approximate surface area is 283 Å². The SMILES string of the molecule is CC(C)(C)OC(=O)N1CC(CCc2c(F)cccc2NC(=O)C(N)C(c2ccc(Cl)cc2)c2cc(F)cc(F)c2)OC2(CCOCC2)C1. The van der Waals surface area contributed by atoms with Crippen molar-refractivity contribution in [3.05, 3.63) is 99.8 Å². The molecule has 3 atom stereocenters. The van der Waals surface area contributed by atoms with Gasteiger partial charge in [0.15, 0.2) is 0 Å². The molecule has 3 unspecified atom stereocenters. The highest BCUT2D eigenvalue weighted by molar-refractivity contribution is 6.30. The molecule has 0 aliphatic carbocycles. The number of hydrogen-bond acceptors (Lipinski definition) is 6. The number of amides is 2. The van der Waals surface area contributed by atoms with Crippen LogP contribution in [0.4, 0.5) is 23.7 Å². The number of nitrogens with one attached hydrogen (secondary N) is 1. The zero-order valence-electron chi connectivity index (χ0n) is 27.2. The highest BCUT2D eigenvalue weighted by Gasteiger charge is 2.44. The van der Waals surface area contributed by atoms with E-state index in [2.05, 4.69) is 5.32 Å². The van der Waals surface area contributed by atoms with Gasteiger partial charge in [-0.1, -0.05) is 29.8 Å². The Morgan fingerprint density at radius 3 is 2.35 bits per heavy atom. The number of morpholine rings is 1. The van der Waals surface area contributed by atoms with E-state index in [-0.39, 0.29) is 29.8 Å². The molecule has 48 heavy (non-hydrogen) atoms. The van der Waals surface area contributed by atoms with Crippen LogP contribution in [0.1, 0.15) is 62.6 Å². The Bertz CT molecular complexity index is 1590. The lowest BCUT2D eigenvalue weighted by atomic mass is 9.84. The minimum Gasteiger partial charge on any atom is -0.444 e. The van der Waals surface area contributed by atoms with Crippen LogP contribution in [0.25, 0.3) is 0 Å². The van der Waals surface area contributed by atoms with Crippen molar-refractivity contribution in [2.24, 2.45) is 5.73 Å². The third-order valence-corrected chi connectivity index (χ3v) is 8.86. The molecule has 1 spiro atoms. The summed E-state index contributed by atoms with van der Waals surface area (Å²) in [5.41, 5.74) is 6.32. The Balaban J connectivity index is 1.35. The molecule has 2 fully saturated rings. The smallest absolute Gasteiger partial charge is 0.410 e. The topological polar surface area (TPSA) is 103 Å². The predicted molar refractivity (Wildman–Crippen MR) is 176 cm³/mol. The lowest BCUT2D eigenvalue weighted by Gasteiger charge is -2.48. The van der Waals surface area contributed by atoms with Gasteiger partial charge in [0.1, 0.15) is 23.1 Å². The lowest BCUT2D eigenvalue weighted by Crippen LogP contribution is -2.59. The molecular weight excluding hydrogens is 647 g/mol. The molecule has 2 amide bonds. The van der Waals surface area contributed by atoms with Crippen molar-refractivity contribution in [1.29, 1.82) is 0 Å². The van der Waals surface area contributed by atoms with Crippen LogP contribution in [0, 0.1) is 17.5 Å². The second kappa shape index (κ2) is 14.9. The number of nitrogens with two attached hydrogens (primary N) is 1. The van der Waals surface area contributed by atoms with Crippen molar-refractivity contribution in [1.82, 2.24) is 4.90 Å². The summed E-state index contributed by atoms with van der Waals surface area (Å²) in [6.45, 7) is 7.04. The zero-order valence-corrected chi connectivity index (χ0v) is 28.0. The molecule has 5 rings (SSSR count). The Morgan fingerprint density at radius 1 is 1.04 bits per heavy atom. The van der Waals surface area contributed by atoms with Gasteiger partial charge in [-0.2, -0.15) is 0 Å². The van der Waals surface area contributed by atoms with E-state index >= 15 is 4.39 Å². The fraction of sp³-hybridized carbons (Fsp3) is 0.444. The first kappa shape index (κ1) is 35.7. The number of halogens is 4. The molecule has 0 radical (unpaired) electrons. The van der Waals surface area contributed by atoms with Crippen LogP contribution in [0.3, 0.4) is 0 Å². The van der Waals surface area contributed by atoms with Crippen molar-refractivity contribution in [3.63, 3.8) is 0 Å². The maximum atomic E-state index is 15.4. The molecule has 3 aromatic carbocycles. The van der Waals surface area contributed by atoms with E-state index in [4.69, 9.17) is 31.5 Å². The van der Waals surface area contributed by atoms with Gasteiger partial charge in [0.05, 0.1) is 30.8 Å². The predicted octanol–water partition coefficient (Wildman–Crippen LogP) is 6.97. The van der Waals surface area contributed by atoms with Crippen molar-refractivity contribution < 1.29 is 37.0 Å². The summed E-state index contributed by atoms with van der Waals surface area (Å²) in [6, 6.07) is 12.4. The van der Waals surface area contributed by atoms with E-state index in [1.165, 1.54) is 12.1 Å². The molecule has 258 valence electrons. The zero-order chi connectivity index (χ0) is 34.6. The summed E-state index contributed by atoms with van der Waals surface area (Å²) in [5, 5.41) is 3.18. The van der Waals surface area contributed by atoms with Gasteiger partial charge in [0, 0.05) is 54.3 Å². The van der Waals surface area contributed by atoms with Gasteiger partial charge < -0.3 is 30.2 Å². The Hall–Kier alpha value is -3.64. The van der Waals surface area contributed by atoms with E-state index in [0.717, 1.165) is 18.2 Å².